The first-order chi connectivity index (χ1) is 9.72. The summed E-state index contributed by atoms with van der Waals surface area (Å²) in [6, 6.07) is 10.9. The molecule has 108 valence electrons. The number of nitrogens with one attached hydrogen (secondary N) is 1. The fourth-order valence-electron chi connectivity index (χ4n) is 2.25. The van der Waals surface area contributed by atoms with Crippen LogP contribution in [0.4, 0.5) is 0 Å². The van der Waals surface area contributed by atoms with Gasteiger partial charge in [-0.05, 0) is 62.2 Å². The van der Waals surface area contributed by atoms with Crippen molar-refractivity contribution in [2.45, 2.75) is 26.8 Å². The fourth-order valence-corrected chi connectivity index (χ4v) is 2.25. The molecule has 0 aliphatic carbocycles. The molecule has 1 heterocycles. The van der Waals surface area contributed by atoms with Crippen LogP contribution in [0.15, 0.2) is 36.5 Å². The second kappa shape index (κ2) is 7.27. The monoisotopic (exact) mass is 272 g/mol. The van der Waals surface area contributed by atoms with Gasteiger partial charge in [-0.3, -0.25) is 0 Å². The second-order valence-corrected chi connectivity index (χ2v) is 5.16. The Balaban J connectivity index is 2.02. The molecule has 0 spiro atoms. The Kier molecular flexibility index (Phi) is 5.39. The van der Waals surface area contributed by atoms with Crippen LogP contribution in [0, 0.1) is 13.8 Å². The minimum Gasteiger partial charge on any atom is -0.385 e. The van der Waals surface area contributed by atoms with E-state index in [9.17, 15) is 0 Å². The number of hydrogen-bond donors (Lipinski definition) is 1. The highest BCUT2D eigenvalue weighted by atomic mass is 16.5. The molecule has 1 N–H and O–H groups in total. The van der Waals surface area contributed by atoms with E-state index in [1.807, 2.05) is 0 Å². The van der Waals surface area contributed by atoms with E-state index in [4.69, 9.17) is 4.74 Å². The summed E-state index contributed by atoms with van der Waals surface area (Å²) in [5, 5.41) is 3.46. The summed E-state index contributed by atoms with van der Waals surface area (Å²) in [7, 11) is 1.74. The van der Waals surface area contributed by atoms with Gasteiger partial charge in [-0.1, -0.05) is 6.07 Å². The van der Waals surface area contributed by atoms with Crippen molar-refractivity contribution in [2.24, 2.45) is 0 Å². The minimum absolute atomic E-state index is 0.811. The van der Waals surface area contributed by atoms with Crippen LogP contribution in [0.3, 0.4) is 0 Å². The van der Waals surface area contributed by atoms with Crippen LogP contribution in [-0.4, -0.2) is 24.8 Å². The van der Waals surface area contributed by atoms with Gasteiger partial charge in [0.05, 0.1) is 0 Å². The van der Waals surface area contributed by atoms with E-state index in [0.717, 1.165) is 26.1 Å². The van der Waals surface area contributed by atoms with Gasteiger partial charge in [0.15, 0.2) is 0 Å². The Bertz CT molecular complexity index is 546. The van der Waals surface area contributed by atoms with Crippen LogP contribution in [0.1, 0.15) is 23.2 Å². The first kappa shape index (κ1) is 14.8. The molecule has 0 fully saturated rings. The van der Waals surface area contributed by atoms with Crippen molar-refractivity contribution in [2.75, 3.05) is 20.3 Å². The Morgan fingerprint density at radius 3 is 2.75 bits per heavy atom. The summed E-state index contributed by atoms with van der Waals surface area (Å²) >= 11 is 0. The summed E-state index contributed by atoms with van der Waals surface area (Å²) in [4.78, 5) is 0. The van der Waals surface area contributed by atoms with Gasteiger partial charge in [-0.15, -0.1) is 0 Å². The van der Waals surface area contributed by atoms with E-state index in [0.29, 0.717) is 0 Å². The molecule has 0 saturated carbocycles. The third-order valence-corrected chi connectivity index (χ3v) is 3.61. The maximum Gasteiger partial charge on any atom is 0.0474 e. The lowest BCUT2D eigenvalue weighted by Crippen LogP contribution is -2.18. The third kappa shape index (κ3) is 3.71. The Morgan fingerprint density at radius 1 is 1.15 bits per heavy atom. The zero-order valence-corrected chi connectivity index (χ0v) is 12.6. The lowest BCUT2D eigenvalue weighted by molar-refractivity contribution is 0.194. The van der Waals surface area contributed by atoms with E-state index in [1.165, 1.54) is 22.5 Å². The topological polar surface area (TPSA) is 26.2 Å². The Hall–Kier alpha value is -1.58. The fraction of sp³-hybridized carbons (Fsp3) is 0.412. The molecule has 0 saturated heterocycles. The molecule has 3 heteroatoms. The SMILES string of the molecule is COCCCNCc1cccn1-c1ccc(C)c(C)c1. The molecule has 1 aromatic heterocycles. The molecule has 0 aliphatic rings. The van der Waals surface area contributed by atoms with Gasteiger partial charge >= 0.3 is 0 Å². The van der Waals surface area contributed by atoms with E-state index in [-0.39, 0.29) is 0 Å². The second-order valence-electron chi connectivity index (χ2n) is 5.16. The molecule has 0 radical (unpaired) electrons. The average Bonchev–Trinajstić information content (AvgIpc) is 2.90. The van der Waals surface area contributed by atoms with E-state index >= 15 is 0 Å². The van der Waals surface area contributed by atoms with Gasteiger partial charge in [0.1, 0.15) is 0 Å². The van der Waals surface area contributed by atoms with Crippen LogP contribution in [-0.2, 0) is 11.3 Å². The first-order valence-corrected chi connectivity index (χ1v) is 7.16. The molecular formula is C17H24N2O. The first-order valence-electron chi connectivity index (χ1n) is 7.16. The zero-order chi connectivity index (χ0) is 14.4. The number of rotatable bonds is 7. The minimum atomic E-state index is 0.811. The standard InChI is InChI=1S/C17H24N2O/c1-14-7-8-16(12-15(14)2)19-10-4-6-17(19)13-18-9-5-11-20-3/h4,6-8,10,12,18H,5,9,11,13H2,1-3H3. The van der Waals surface area contributed by atoms with Crippen LogP contribution in [0.25, 0.3) is 5.69 Å². The smallest absolute Gasteiger partial charge is 0.0474 e. The van der Waals surface area contributed by atoms with E-state index in [1.54, 1.807) is 7.11 Å². The maximum absolute atomic E-state index is 5.05. The van der Waals surface area contributed by atoms with Crippen LogP contribution in [0.5, 0.6) is 0 Å². The molecule has 20 heavy (non-hydrogen) atoms. The largest absolute Gasteiger partial charge is 0.385 e. The highest BCUT2D eigenvalue weighted by Crippen LogP contribution is 2.16. The number of aryl methyl sites for hydroxylation is 2. The maximum atomic E-state index is 5.05. The summed E-state index contributed by atoms with van der Waals surface area (Å²) in [5.41, 5.74) is 5.17. The van der Waals surface area contributed by atoms with Crippen molar-refractivity contribution >= 4 is 0 Å². The highest BCUT2D eigenvalue weighted by molar-refractivity contribution is 5.41. The quantitative estimate of drug-likeness (QED) is 0.783. The van der Waals surface area contributed by atoms with Crippen molar-refractivity contribution < 1.29 is 4.74 Å². The lowest BCUT2D eigenvalue weighted by atomic mass is 10.1. The van der Waals surface area contributed by atoms with Crippen molar-refractivity contribution in [1.29, 1.82) is 0 Å². The predicted octanol–water partition coefficient (Wildman–Crippen LogP) is 3.22. The summed E-state index contributed by atoms with van der Waals surface area (Å²) in [6.45, 7) is 6.97. The normalized spacial score (nSPS) is 10.9. The predicted molar refractivity (Wildman–Crippen MR) is 83.4 cm³/mol. The number of aromatic nitrogens is 1. The average molecular weight is 272 g/mol. The number of benzene rings is 1. The van der Waals surface area contributed by atoms with Gasteiger partial charge in [0.2, 0.25) is 0 Å². The molecule has 1 aromatic carbocycles. The number of ether oxygens (including phenoxy) is 1. The summed E-state index contributed by atoms with van der Waals surface area (Å²) < 4.78 is 7.30. The van der Waals surface area contributed by atoms with Crippen molar-refractivity contribution in [3.63, 3.8) is 0 Å². The van der Waals surface area contributed by atoms with Gasteiger partial charge < -0.3 is 14.6 Å². The molecule has 2 aromatic rings. The molecule has 0 amide bonds. The highest BCUT2D eigenvalue weighted by Gasteiger charge is 2.04. The van der Waals surface area contributed by atoms with Gasteiger partial charge in [-0.25, -0.2) is 0 Å². The molecular weight excluding hydrogens is 248 g/mol. The molecule has 0 aliphatic heterocycles. The van der Waals surface area contributed by atoms with Crippen molar-refractivity contribution in [1.82, 2.24) is 9.88 Å². The van der Waals surface area contributed by atoms with E-state index < -0.39 is 0 Å². The van der Waals surface area contributed by atoms with Gasteiger partial charge in [0.25, 0.3) is 0 Å². The van der Waals surface area contributed by atoms with Gasteiger partial charge in [-0.2, -0.15) is 0 Å². The van der Waals surface area contributed by atoms with Crippen LogP contribution < -0.4 is 5.32 Å². The Labute approximate surface area is 121 Å². The zero-order valence-electron chi connectivity index (χ0n) is 12.6. The molecule has 3 nitrogen and oxygen atoms in total. The van der Waals surface area contributed by atoms with E-state index in [2.05, 4.69) is 60.3 Å². The summed E-state index contributed by atoms with van der Waals surface area (Å²) in [6.07, 6.45) is 3.16. The Morgan fingerprint density at radius 2 is 2.00 bits per heavy atom. The summed E-state index contributed by atoms with van der Waals surface area (Å²) in [5.74, 6) is 0. The molecule has 2 rings (SSSR count). The number of nitrogens with zero attached hydrogens (tertiary/aromatic N) is 1. The molecule has 0 atom stereocenters. The third-order valence-electron chi connectivity index (χ3n) is 3.61. The molecule has 0 unspecified atom stereocenters. The molecule has 0 bridgehead atoms. The van der Waals surface area contributed by atoms with Gasteiger partial charge in [0, 0.05) is 37.8 Å². The van der Waals surface area contributed by atoms with Crippen LogP contribution >= 0.6 is 0 Å². The number of hydrogen-bond acceptors (Lipinski definition) is 2. The van der Waals surface area contributed by atoms with Crippen LogP contribution in [0.2, 0.25) is 0 Å². The van der Waals surface area contributed by atoms with Crippen molar-refractivity contribution in [3.8, 4) is 5.69 Å². The van der Waals surface area contributed by atoms with Crippen molar-refractivity contribution in [3.05, 3.63) is 53.3 Å². The number of methoxy groups -OCH3 is 1. The lowest BCUT2D eigenvalue weighted by Gasteiger charge is -2.12.